The number of halogens is 2. The molecule has 2 aromatic carbocycles. The van der Waals surface area contributed by atoms with Crippen LogP contribution in [-0.2, 0) is 0 Å². The van der Waals surface area contributed by atoms with Crippen LogP contribution in [0.1, 0.15) is 37.9 Å². The predicted octanol–water partition coefficient (Wildman–Crippen LogP) is 4.68. The molecule has 7 heterocycles. The zero-order valence-corrected chi connectivity index (χ0v) is 24.6. The number of benzene rings is 2. The summed E-state index contributed by atoms with van der Waals surface area (Å²) in [4.78, 5) is 14.7. The van der Waals surface area contributed by atoms with Crippen molar-refractivity contribution in [2.45, 2.75) is 60.8 Å². The summed E-state index contributed by atoms with van der Waals surface area (Å²) in [5, 5.41) is 24.6. The third-order valence-electron chi connectivity index (χ3n) is 9.56. The molecule has 9 rings (SSSR count). The summed E-state index contributed by atoms with van der Waals surface area (Å²) in [5.74, 6) is 6.59. The van der Waals surface area contributed by atoms with Gasteiger partial charge in [0.2, 0.25) is 5.82 Å². The van der Waals surface area contributed by atoms with Crippen LogP contribution in [0.3, 0.4) is 0 Å². The Bertz CT molecular complexity index is 1840. The average Bonchev–Trinajstić information content (AvgIpc) is 3.55. The van der Waals surface area contributed by atoms with Gasteiger partial charge in [-0.25, -0.2) is 18.7 Å². The maximum atomic E-state index is 16.8. The average molecular weight is 600 g/mol. The highest BCUT2D eigenvalue weighted by molar-refractivity contribution is 7.98. The van der Waals surface area contributed by atoms with E-state index < -0.39 is 17.5 Å². The van der Waals surface area contributed by atoms with Gasteiger partial charge < -0.3 is 15.3 Å². The second-order valence-corrected chi connectivity index (χ2v) is 13.0. The van der Waals surface area contributed by atoms with Gasteiger partial charge >= 0.3 is 0 Å². The normalized spacial score (nSPS) is 26.7. The quantitative estimate of drug-likeness (QED) is 0.258. The molecule has 5 aliphatic heterocycles. The SMILES string of the molecule is CSc1cccc2cc(O)cc(-c3nnc4c(N5C[C@H]6CC[C@@H]5CN6)nc(C#C[C@@]56CCCN5C[C@H](F)C6)nc4c3F)c12. The van der Waals surface area contributed by atoms with Crippen LogP contribution in [0.15, 0.2) is 35.2 Å². The lowest BCUT2D eigenvalue weighted by molar-refractivity contribution is 0.255. The van der Waals surface area contributed by atoms with E-state index in [-0.39, 0.29) is 28.8 Å². The zero-order chi connectivity index (χ0) is 29.3. The Morgan fingerprint density at radius 1 is 1.14 bits per heavy atom. The molecule has 0 saturated carbocycles. The first-order valence-electron chi connectivity index (χ1n) is 14.9. The molecule has 5 saturated heterocycles. The Morgan fingerprint density at radius 3 is 2.84 bits per heavy atom. The Labute approximate surface area is 252 Å². The Kier molecular flexibility index (Phi) is 6.44. The summed E-state index contributed by atoms with van der Waals surface area (Å²) < 4.78 is 31.2. The van der Waals surface area contributed by atoms with E-state index in [4.69, 9.17) is 4.98 Å². The molecule has 43 heavy (non-hydrogen) atoms. The number of rotatable bonds is 3. The van der Waals surface area contributed by atoms with Gasteiger partial charge in [0.05, 0.1) is 5.54 Å². The Balaban J connectivity index is 1.33. The molecule has 8 nitrogen and oxygen atoms in total. The van der Waals surface area contributed by atoms with Gasteiger partial charge in [0.1, 0.15) is 23.1 Å². The Morgan fingerprint density at radius 2 is 2.05 bits per heavy atom. The van der Waals surface area contributed by atoms with Gasteiger partial charge in [0.15, 0.2) is 17.2 Å². The van der Waals surface area contributed by atoms with Crippen LogP contribution in [0, 0.1) is 17.7 Å². The number of hydrogen-bond acceptors (Lipinski definition) is 9. The highest BCUT2D eigenvalue weighted by Gasteiger charge is 2.47. The Hall–Kier alpha value is -3.59. The van der Waals surface area contributed by atoms with Crippen molar-refractivity contribution in [1.82, 2.24) is 30.4 Å². The van der Waals surface area contributed by atoms with Gasteiger partial charge in [-0.2, -0.15) is 0 Å². The first-order valence-corrected chi connectivity index (χ1v) is 16.1. The summed E-state index contributed by atoms with van der Waals surface area (Å²) in [5.41, 5.74) is 0.265. The lowest BCUT2D eigenvalue weighted by atomic mass is 9.93. The van der Waals surface area contributed by atoms with Crippen LogP contribution in [0.2, 0.25) is 0 Å². The molecule has 0 spiro atoms. The highest BCUT2D eigenvalue weighted by Crippen LogP contribution is 2.41. The number of aromatic hydroxyl groups is 1. The number of thioether (sulfide) groups is 1. The molecule has 2 N–H and O–H groups in total. The predicted molar refractivity (Wildman–Crippen MR) is 164 cm³/mol. The molecule has 0 radical (unpaired) electrons. The number of aromatic nitrogens is 4. The van der Waals surface area contributed by atoms with Gasteiger partial charge in [-0.3, -0.25) is 4.90 Å². The van der Waals surface area contributed by atoms with E-state index in [0.717, 1.165) is 61.0 Å². The molecule has 5 aliphatic rings. The molecule has 11 heteroatoms. The van der Waals surface area contributed by atoms with Crippen molar-refractivity contribution >= 4 is 39.4 Å². The first kappa shape index (κ1) is 27.0. The van der Waals surface area contributed by atoms with Crippen molar-refractivity contribution in [3.63, 3.8) is 0 Å². The number of nitrogens with zero attached hydrogens (tertiary/aromatic N) is 6. The number of nitrogens with one attached hydrogen (secondary N) is 1. The second-order valence-electron chi connectivity index (χ2n) is 12.1. The van der Waals surface area contributed by atoms with Gasteiger partial charge in [-0.05, 0) is 68.0 Å². The van der Waals surface area contributed by atoms with Crippen molar-refractivity contribution in [1.29, 1.82) is 0 Å². The lowest BCUT2D eigenvalue weighted by Gasteiger charge is -2.46. The summed E-state index contributed by atoms with van der Waals surface area (Å²) >= 11 is 1.54. The van der Waals surface area contributed by atoms with E-state index in [1.54, 1.807) is 6.07 Å². The van der Waals surface area contributed by atoms with E-state index >= 15 is 4.39 Å². The summed E-state index contributed by atoms with van der Waals surface area (Å²) in [6.45, 7) is 2.76. The van der Waals surface area contributed by atoms with Crippen molar-refractivity contribution < 1.29 is 13.9 Å². The molecular formula is C32H31F2N7OS. The number of alkyl halides is 1. The van der Waals surface area contributed by atoms with Crippen LogP contribution >= 0.6 is 11.8 Å². The molecule has 220 valence electrons. The van der Waals surface area contributed by atoms with E-state index in [1.807, 2.05) is 24.5 Å². The van der Waals surface area contributed by atoms with Crippen LogP contribution < -0.4 is 10.2 Å². The molecule has 5 fully saturated rings. The number of anilines is 1. The largest absolute Gasteiger partial charge is 0.508 e. The number of phenolic OH excluding ortho intramolecular Hbond substituents is 1. The minimum atomic E-state index is -0.905. The number of hydrogen-bond donors (Lipinski definition) is 2. The molecule has 0 amide bonds. The van der Waals surface area contributed by atoms with Gasteiger partial charge in [0, 0.05) is 54.0 Å². The number of phenols is 1. The topological polar surface area (TPSA) is 90.3 Å². The van der Waals surface area contributed by atoms with Crippen molar-refractivity contribution in [2.75, 3.05) is 37.3 Å². The van der Waals surface area contributed by atoms with Gasteiger partial charge in [-0.1, -0.05) is 18.1 Å². The second kappa shape index (κ2) is 10.3. The molecular weight excluding hydrogens is 568 g/mol. The van der Waals surface area contributed by atoms with E-state index in [9.17, 15) is 9.50 Å². The maximum Gasteiger partial charge on any atom is 0.207 e. The van der Waals surface area contributed by atoms with Gasteiger partial charge in [-0.15, -0.1) is 22.0 Å². The number of fused-ring (bicyclic) bond motifs is 6. The third kappa shape index (κ3) is 4.41. The number of piperazine rings is 1. The third-order valence-corrected chi connectivity index (χ3v) is 10.3. The van der Waals surface area contributed by atoms with Crippen molar-refractivity contribution in [2.24, 2.45) is 0 Å². The van der Waals surface area contributed by atoms with Crippen LogP contribution in [0.4, 0.5) is 14.6 Å². The standard InChI is InChI=1S/C32H31F2N7OS/c1-43-24-5-2-4-18-12-22(42)13-23(26(18)24)28-27(34)29-30(39-38-28)31(41-17-20-6-7-21(41)15-35-20)37-25(36-29)8-10-32-9-3-11-40(32)16-19(33)14-32/h2,4-5,12-13,19-21,35,42H,3,6-7,9,11,14-17H2,1H3/t19-,20-,21-,32-/m1/s1. The van der Waals surface area contributed by atoms with E-state index in [1.165, 1.54) is 17.8 Å². The minimum absolute atomic E-state index is 0.0110. The van der Waals surface area contributed by atoms with Crippen LogP contribution in [0.25, 0.3) is 33.1 Å². The van der Waals surface area contributed by atoms with Crippen LogP contribution in [0.5, 0.6) is 5.75 Å². The first-order chi connectivity index (χ1) is 20.9. The fraction of sp³-hybridized carbons (Fsp3) is 0.438. The molecule has 0 unspecified atom stereocenters. The minimum Gasteiger partial charge on any atom is -0.508 e. The zero-order valence-electron chi connectivity index (χ0n) is 23.8. The lowest BCUT2D eigenvalue weighted by Crippen LogP contribution is -2.61. The van der Waals surface area contributed by atoms with Crippen molar-refractivity contribution in [3.05, 3.63) is 42.0 Å². The number of piperidine rings is 2. The molecule has 4 atom stereocenters. The van der Waals surface area contributed by atoms with E-state index in [0.29, 0.717) is 35.9 Å². The van der Waals surface area contributed by atoms with Crippen LogP contribution in [-0.4, -0.2) is 86.4 Å². The van der Waals surface area contributed by atoms with Gasteiger partial charge in [0.25, 0.3) is 0 Å². The summed E-state index contributed by atoms with van der Waals surface area (Å²) in [6, 6.07) is 9.45. The fourth-order valence-electron chi connectivity index (χ4n) is 7.54. The molecule has 2 aromatic heterocycles. The monoisotopic (exact) mass is 599 g/mol. The maximum absolute atomic E-state index is 16.8. The fourth-order valence-corrected chi connectivity index (χ4v) is 8.19. The molecule has 0 aliphatic carbocycles. The summed E-state index contributed by atoms with van der Waals surface area (Å²) in [6.07, 6.45) is 5.27. The van der Waals surface area contributed by atoms with Crippen molar-refractivity contribution in [3.8, 4) is 28.8 Å². The molecule has 4 aromatic rings. The summed E-state index contributed by atoms with van der Waals surface area (Å²) in [7, 11) is 0. The smallest absolute Gasteiger partial charge is 0.207 e. The molecule has 2 bridgehead atoms. The van der Waals surface area contributed by atoms with E-state index in [2.05, 4.69) is 42.1 Å². The highest BCUT2D eigenvalue weighted by atomic mass is 32.2.